The number of para-hydroxylation sites is 3. The third kappa shape index (κ3) is 5.39. The van der Waals surface area contributed by atoms with Crippen LogP contribution in [0.1, 0.15) is 0 Å². The summed E-state index contributed by atoms with van der Waals surface area (Å²) >= 11 is 0.477. The molecule has 8 heteroatoms. The Morgan fingerprint density at radius 2 is 0.727 bits per heavy atom. The molecule has 0 aliphatic heterocycles. The molecule has 14 aromatic rings. The van der Waals surface area contributed by atoms with E-state index in [0.29, 0.717) is 16.9 Å². The second-order valence-corrected chi connectivity index (χ2v) is 17.8. The molecule has 0 saturated carbocycles. The van der Waals surface area contributed by atoms with Gasteiger partial charge in [-0.1, -0.05) is 102 Å². The van der Waals surface area contributed by atoms with E-state index in [0.717, 1.165) is 110 Å². The van der Waals surface area contributed by atoms with Gasteiger partial charge in [0.15, 0.2) is 5.82 Å². The zero-order valence-corrected chi connectivity index (χ0v) is 35.5. The van der Waals surface area contributed by atoms with Crippen molar-refractivity contribution in [3.63, 3.8) is 0 Å². The molecular formula is C58H31F3N2O2S. The van der Waals surface area contributed by atoms with Gasteiger partial charge in [-0.05, 0) is 125 Å². The molecule has 9 aromatic carbocycles. The first-order valence-corrected chi connectivity index (χ1v) is 22.4. The molecule has 4 nitrogen and oxygen atoms in total. The number of fused-ring (bicyclic) bond motifs is 12. The fourth-order valence-corrected chi connectivity index (χ4v) is 11.0. The van der Waals surface area contributed by atoms with Crippen LogP contribution < -0.4 is 0 Å². The topological polar surface area (TPSA) is 36.1 Å². The van der Waals surface area contributed by atoms with Gasteiger partial charge in [0, 0.05) is 54.5 Å². The zero-order chi connectivity index (χ0) is 43.8. The predicted molar refractivity (Wildman–Crippen MR) is 264 cm³/mol. The van der Waals surface area contributed by atoms with E-state index < -0.39 is 16.8 Å². The van der Waals surface area contributed by atoms with E-state index in [1.165, 1.54) is 10.8 Å². The van der Waals surface area contributed by atoms with Gasteiger partial charge in [-0.2, -0.15) is 8.78 Å². The third-order valence-corrected chi connectivity index (χ3v) is 14.2. The number of hydrogen-bond acceptors (Lipinski definition) is 3. The van der Waals surface area contributed by atoms with E-state index in [-0.39, 0.29) is 4.88 Å². The molecule has 5 heterocycles. The molecular weight excluding hydrogens is 846 g/mol. The average molecular weight is 877 g/mol. The van der Waals surface area contributed by atoms with E-state index >= 15 is 0 Å². The van der Waals surface area contributed by atoms with E-state index in [4.69, 9.17) is 8.83 Å². The van der Waals surface area contributed by atoms with Crippen LogP contribution in [0.3, 0.4) is 0 Å². The van der Waals surface area contributed by atoms with Crippen LogP contribution in [0.25, 0.3) is 132 Å². The molecule has 0 aliphatic rings. The molecule has 0 fully saturated rings. The first-order valence-electron chi connectivity index (χ1n) is 21.6. The van der Waals surface area contributed by atoms with E-state index in [1.54, 1.807) is 6.07 Å². The van der Waals surface area contributed by atoms with Gasteiger partial charge in [0.25, 0.3) is 0 Å². The number of rotatable bonds is 5. The maximum absolute atomic E-state index is 14.8. The van der Waals surface area contributed by atoms with Crippen LogP contribution in [0.15, 0.2) is 197 Å². The monoisotopic (exact) mass is 876 g/mol. The van der Waals surface area contributed by atoms with Crippen LogP contribution in [-0.2, 0) is 0 Å². The number of benzene rings is 9. The summed E-state index contributed by atoms with van der Waals surface area (Å²) in [5.74, 6) is -2.61. The Kier molecular flexibility index (Phi) is 7.77. The van der Waals surface area contributed by atoms with Gasteiger partial charge < -0.3 is 18.0 Å². The van der Waals surface area contributed by atoms with Crippen molar-refractivity contribution in [3.8, 4) is 44.1 Å². The Morgan fingerprint density at radius 3 is 1.23 bits per heavy atom. The summed E-state index contributed by atoms with van der Waals surface area (Å²) in [4.78, 5) is -0.0607. The second-order valence-electron chi connectivity index (χ2n) is 16.9. The quantitative estimate of drug-likeness (QED) is 0.173. The number of hydrogen-bond donors (Lipinski definition) is 0. The van der Waals surface area contributed by atoms with E-state index in [1.807, 2.05) is 54.6 Å². The minimum Gasteiger partial charge on any atom is -0.456 e. The van der Waals surface area contributed by atoms with Gasteiger partial charge in [-0.25, -0.2) is 4.39 Å². The standard InChI is InChI=1S/C58H31F3N2O2S/c59-55-56(60)58(61)66-57(55)36-16-21-50-42(29-36)41-12-3-6-15-49(41)63(50)38-20-25-54-46(31-38)44-28-35(18-23-52(44)65-54)33-9-7-8-32(26-33)34-17-22-51-43(27-34)45-30-37(19-24-53(45)64-51)62-47-13-4-1-10-39(47)40-11-2-5-14-48(40)62/h1-31H. The maximum Gasteiger partial charge on any atom is 0.215 e. The largest absolute Gasteiger partial charge is 0.456 e. The normalized spacial score (nSPS) is 12.2. The van der Waals surface area contributed by atoms with Crippen molar-refractivity contribution in [2.24, 2.45) is 0 Å². The Hall–Kier alpha value is -8.33. The Morgan fingerprint density at radius 1 is 0.318 bits per heavy atom. The summed E-state index contributed by atoms with van der Waals surface area (Å²) in [6.07, 6.45) is 0. The molecule has 0 aliphatic carbocycles. The lowest BCUT2D eigenvalue weighted by atomic mass is 9.97. The van der Waals surface area contributed by atoms with Gasteiger partial charge in [0.2, 0.25) is 10.9 Å². The molecule has 5 aromatic heterocycles. The second kappa shape index (κ2) is 13.8. The first-order chi connectivity index (χ1) is 32.4. The lowest BCUT2D eigenvalue weighted by molar-refractivity contribution is 0.468. The summed E-state index contributed by atoms with van der Waals surface area (Å²) < 4.78 is 60.2. The maximum atomic E-state index is 14.8. The zero-order valence-electron chi connectivity index (χ0n) is 34.7. The highest BCUT2D eigenvalue weighted by Gasteiger charge is 2.22. The van der Waals surface area contributed by atoms with Gasteiger partial charge in [0.05, 0.1) is 26.9 Å². The van der Waals surface area contributed by atoms with Crippen LogP contribution in [0.4, 0.5) is 13.2 Å². The average Bonchev–Trinajstić information content (AvgIpc) is 4.16. The smallest absolute Gasteiger partial charge is 0.215 e. The highest BCUT2D eigenvalue weighted by atomic mass is 32.1. The van der Waals surface area contributed by atoms with E-state index in [9.17, 15) is 13.2 Å². The van der Waals surface area contributed by atoms with Crippen LogP contribution in [0.2, 0.25) is 0 Å². The molecule has 0 unspecified atom stereocenters. The van der Waals surface area contributed by atoms with Crippen molar-refractivity contribution in [2.45, 2.75) is 0 Å². The summed E-state index contributed by atoms with van der Waals surface area (Å²) in [7, 11) is 0. The molecule has 0 radical (unpaired) electrons. The van der Waals surface area contributed by atoms with Crippen molar-refractivity contribution in [3.05, 3.63) is 205 Å². The number of nitrogens with zero attached hydrogens (tertiary/aromatic N) is 2. The molecule has 312 valence electrons. The molecule has 0 spiro atoms. The fourth-order valence-electron chi connectivity index (χ4n) is 10.2. The van der Waals surface area contributed by atoms with Gasteiger partial charge in [0.1, 0.15) is 22.3 Å². The minimum absolute atomic E-state index is 0.0607. The summed E-state index contributed by atoms with van der Waals surface area (Å²) in [5.41, 5.74) is 14.1. The van der Waals surface area contributed by atoms with E-state index in [2.05, 4.69) is 137 Å². The lowest BCUT2D eigenvalue weighted by Crippen LogP contribution is -1.93. The molecule has 0 atom stereocenters. The minimum atomic E-state index is -1.44. The molecule has 14 rings (SSSR count). The van der Waals surface area contributed by atoms with Crippen molar-refractivity contribution in [1.82, 2.24) is 9.13 Å². The van der Waals surface area contributed by atoms with Gasteiger partial charge in [-0.15, -0.1) is 0 Å². The molecule has 0 saturated heterocycles. The van der Waals surface area contributed by atoms with Crippen molar-refractivity contribution in [2.75, 3.05) is 0 Å². The highest BCUT2D eigenvalue weighted by Crippen LogP contribution is 2.42. The lowest BCUT2D eigenvalue weighted by Gasteiger charge is -2.09. The molecule has 0 amide bonds. The Labute approximate surface area is 377 Å². The summed E-state index contributed by atoms with van der Waals surface area (Å²) in [5, 5.41) is 7.15. The fraction of sp³-hybridized carbons (Fsp3) is 0. The molecule has 0 bridgehead atoms. The van der Waals surface area contributed by atoms with Crippen molar-refractivity contribution >= 4 is 98.8 Å². The van der Waals surface area contributed by atoms with Crippen molar-refractivity contribution < 1.29 is 22.0 Å². The van der Waals surface area contributed by atoms with Crippen LogP contribution >= 0.6 is 11.3 Å². The Balaban J connectivity index is 0.850. The molecule has 0 N–H and O–H groups in total. The number of halogens is 3. The number of aromatic nitrogens is 2. The highest BCUT2D eigenvalue weighted by molar-refractivity contribution is 7.14. The predicted octanol–water partition coefficient (Wildman–Crippen LogP) is 17.2. The van der Waals surface area contributed by atoms with Gasteiger partial charge >= 0.3 is 0 Å². The van der Waals surface area contributed by atoms with Crippen LogP contribution in [0, 0.1) is 16.8 Å². The first kappa shape index (κ1) is 37.1. The SMILES string of the molecule is Fc1sc(-c2ccc3c(c2)c2ccccc2n3-c2ccc3oc4ccc(-c5cccc(-c6ccc7oc8ccc(-n9c%10ccccc%10c%10ccccc%109)cc8c7c6)c5)cc4c3c2)c(F)c1F. The van der Waals surface area contributed by atoms with Crippen LogP contribution in [0.5, 0.6) is 0 Å². The van der Waals surface area contributed by atoms with Crippen molar-refractivity contribution in [1.29, 1.82) is 0 Å². The third-order valence-electron chi connectivity index (χ3n) is 13.2. The van der Waals surface area contributed by atoms with Gasteiger partial charge in [-0.3, -0.25) is 0 Å². The van der Waals surface area contributed by atoms with Crippen LogP contribution in [-0.4, -0.2) is 9.13 Å². The number of furan rings is 2. The number of thiophene rings is 1. The summed E-state index contributed by atoms with van der Waals surface area (Å²) in [6.45, 7) is 0. The summed E-state index contributed by atoms with van der Waals surface area (Å²) in [6, 6.07) is 64.5. The Bertz CT molecular complexity index is 4300. The molecule has 66 heavy (non-hydrogen) atoms.